The lowest BCUT2D eigenvalue weighted by atomic mass is 10.0. The van der Waals surface area contributed by atoms with Crippen molar-refractivity contribution in [3.05, 3.63) is 134 Å². The Morgan fingerprint density at radius 3 is 1.72 bits per heavy atom. The van der Waals surface area contributed by atoms with Crippen LogP contribution in [0.25, 0.3) is 0 Å². The van der Waals surface area contributed by atoms with Gasteiger partial charge in [-0.15, -0.1) is 0 Å². The quantitative estimate of drug-likeness (QED) is 0.121. The molecule has 0 amide bonds. The molecule has 8 nitrogen and oxygen atoms in total. The number of aliphatic hydroxyl groups is 3. The molecule has 0 spiro atoms. The second-order valence-corrected chi connectivity index (χ2v) is 11.2. The SMILES string of the molecule is COc1cc(CCN)ccc1CO.Cc1ccc(CCN)cc1C.NCC(O)c1ccc(Cl)c(Cl)c1.NCC(O)c1ccccc1. The standard InChI is InChI=1S/C10H15NO2.C10H15N.C8H9Cl2NO.C8H11NO/c1-13-10-6-8(4-5-11)2-3-9(10)7-12;1-8-3-4-10(5-6-11)7-9(8)2;9-6-2-1-5(3-7(6)10)8(12)4-11;9-6-8(10)7-4-2-1-3-5-7/h2-3,6,12H,4-5,7,11H2,1H3;3-4,7H,5-6,11H2,1-2H3;1-3,8,12H,4,11H2;1-5,8,10H,6,9H2. The van der Waals surface area contributed by atoms with Gasteiger partial charge in [-0.05, 0) is 91.4 Å². The third-order valence-corrected chi connectivity index (χ3v) is 7.66. The van der Waals surface area contributed by atoms with Crippen LogP contribution in [0.5, 0.6) is 5.75 Å². The van der Waals surface area contributed by atoms with Gasteiger partial charge in [0.15, 0.2) is 0 Å². The monoisotopic (exact) mass is 672 g/mol. The van der Waals surface area contributed by atoms with Crippen molar-refractivity contribution in [3.8, 4) is 5.75 Å². The summed E-state index contributed by atoms with van der Waals surface area (Å²) in [6.45, 7) is 6.09. The Labute approximate surface area is 283 Å². The van der Waals surface area contributed by atoms with Crippen molar-refractivity contribution in [3.63, 3.8) is 0 Å². The average molecular weight is 674 g/mol. The highest BCUT2D eigenvalue weighted by molar-refractivity contribution is 6.42. The molecule has 4 aromatic rings. The number of halogens is 2. The van der Waals surface area contributed by atoms with Gasteiger partial charge < -0.3 is 43.0 Å². The number of ether oxygens (including phenoxy) is 1. The van der Waals surface area contributed by atoms with Gasteiger partial charge in [0.25, 0.3) is 0 Å². The zero-order chi connectivity index (χ0) is 34.5. The van der Waals surface area contributed by atoms with E-state index in [0.29, 0.717) is 22.2 Å². The van der Waals surface area contributed by atoms with Gasteiger partial charge in [0, 0.05) is 18.7 Å². The van der Waals surface area contributed by atoms with Crippen molar-refractivity contribution in [1.29, 1.82) is 0 Å². The molecule has 252 valence electrons. The molecule has 10 heteroatoms. The second-order valence-electron chi connectivity index (χ2n) is 10.4. The van der Waals surface area contributed by atoms with Crippen LogP contribution in [0.2, 0.25) is 10.0 Å². The summed E-state index contributed by atoms with van der Waals surface area (Å²) >= 11 is 11.4. The van der Waals surface area contributed by atoms with Crippen LogP contribution in [-0.4, -0.2) is 48.6 Å². The summed E-state index contributed by atoms with van der Waals surface area (Å²) in [5, 5.41) is 28.4. The first kappa shape index (κ1) is 41.0. The number of nitrogens with two attached hydrogens (primary N) is 4. The number of aliphatic hydroxyl groups excluding tert-OH is 3. The van der Waals surface area contributed by atoms with Crippen molar-refractivity contribution >= 4 is 23.2 Å². The van der Waals surface area contributed by atoms with Crippen LogP contribution in [0.1, 0.15) is 51.2 Å². The normalized spacial score (nSPS) is 11.5. The van der Waals surface area contributed by atoms with Gasteiger partial charge >= 0.3 is 0 Å². The maximum Gasteiger partial charge on any atom is 0.124 e. The van der Waals surface area contributed by atoms with Gasteiger partial charge in [-0.3, -0.25) is 0 Å². The molecular weight excluding hydrogens is 623 g/mol. The van der Waals surface area contributed by atoms with E-state index in [-0.39, 0.29) is 19.7 Å². The Kier molecular flexibility index (Phi) is 20.8. The van der Waals surface area contributed by atoms with Gasteiger partial charge in [-0.25, -0.2) is 0 Å². The molecule has 4 aromatic carbocycles. The lowest BCUT2D eigenvalue weighted by Gasteiger charge is -2.08. The number of benzene rings is 4. The molecule has 0 aliphatic heterocycles. The van der Waals surface area contributed by atoms with Gasteiger partial charge in [0.2, 0.25) is 0 Å². The summed E-state index contributed by atoms with van der Waals surface area (Å²) in [4.78, 5) is 0. The van der Waals surface area contributed by atoms with Crippen molar-refractivity contribution in [2.75, 3.05) is 33.3 Å². The Morgan fingerprint density at radius 2 is 1.22 bits per heavy atom. The summed E-state index contributed by atoms with van der Waals surface area (Å²) in [7, 11) is 1.60. The molecule has 0 aliphatic rings. The van der Waals surface area contributed by atoms with Crippen LogP contribution in [0.15, 0.2) is 84.9 Å². The van der Waals surface area contributed by atoms with Crippen LogP contribution in [0, 0.1) is 13.8 Å². The van der Waals surface area contributed by atoms with E-state index < -0.39 is 12.2 Å². The van der Waals surface area contributed by atoms with Crippen LogP contribution < -0.4 is 27.7 Å². The molecule has 0 radical (unpaired) electrons. The first-order valence-corrected chi connectivity index (χ1v) is 15.8. The summed E-state index contributed by atoms with van der Waals surface area (Å²) in [5.41, 5.74) is 29.0. The van der Waals surface area contributed by atoms with E-state index in [2.05, 4.69) is 32.0 Å². The number of hydrogen-bond acceptors (Lipinski definition) is 8. The number of hydrogen-bond donors (Lipinski definition) is 7. The highest BCUT2D eigenvalue weighted by atomic mass is 35.5. The maximum absolute atomic E-state index is 9.32. The highest BCUT2D eigenvalue weighted by Gasteiger charge is 2.07. The molecule has 4 rings (SSSR count). The second kappa shape index (κ2) is 23.3. The Morgan fingerprint density at radius 1 is 0.652 bits per heavy atom. The minimum absolute atomic E-state index is 0.00603. The molecule has 0 saturated heterocycles. The molecular formula is C36H50Cl2N4O4. The first-order valence-electron chi connectivity index (χ1n) is 15.0. The van der Waals surface area contributed by atoms with E-state index in [1.807, 2.05) is 48.5 Å². The topological polar surface area (TPSA) is 174 Å². The predicted molar refractivity (Wildman–Crippen MR) is 191 cm³/mol. The Balaban J connectivity index is 0.000000308. The van der Waals surface area contributed by atoms with Crippen LogP contribution in [0.3, 0.4) is 0 Å². The molecule has 0 heterocycles. The van der Waals surface area contributed by atoms with Gasteiger partial charge in [-0.1, -0.05) is 89.9 Å². The minimum Gasteiger partial charge on any atom is -0.496 e. The molecule has 0 aliphatic carbocycles. The lowest BCUT2D eigenvalue weighted by Crippen LogP contribution is -2.11. The number of rotatable bonds is 10. The minimum atomic E-state index is -0.667. The van der Waals surface area contributed by atoms with Crippen LogP contribution in [0.4, 0.5) is 0 Å². The van der Waals surface area contributed by atoms with E-state index in [1.54, 1.807) is 25.3 Å². The van der Waals surface area contributed by atoms with Crippen molar-refractivity contribution in [2.24, 2.45) is 22.9 Å². The van der Waals surface area contributed by atoms with Crippen LogP contribution >= 0.6 is 23.2 Å². The third-order valence-electron chi connectivity index (χ3n) is 6.92. The van der Waals surface area contributed by atoms with E-state index in [4.69, 9.17) is 56.0 Å². The van der Waals surface area contributed by atoms with Crippen molar-refractivity contribution in [2.45, 2.75) is 45.5 Å². The van der Waals surface area contributed by atoms with E-state index >= 15 is 0 Å². The zero-order valence-corrected chi connectivity index (χ0v) is 28.5. The molecule has 2 unspecified atom stereocenters. The van der Waals surface area contributed by atoms with Gasteiger partial charge in [0.05, 0.1) is 36.0 Å². The summed E-state index contributed by atoms with van der Waals surface area (Å²) < 4.78 is 5.12. The first-order chi connectivity index (χ1) is 22.0. The van der Waals surface area contributed by atoms with Gasteiger partial charge in [0.1, 0.15) is 5.75 Å². The number of aryl methyl sites for hydroxylation is 2. The van der Waals surface area contributed by atoms with Crippen molar-refractivity contribution in [1.82, 2.24) is 0 Å². The summed E-state index contributed by atoms with van der Waals surface area (Å²) in [6, 6.07) is 26.6. The fraction of sp³-hybridized carbons (Fsp3) is 0.333. The Hall–Kier alpha value is -3.02. The van der Waals surface area contributed by atoms with Crippen LogP contribution in [-0.2, 0) is 19.4 Å². The molecule has 2 atom stereocenters. The number of methoxy groups -OCH3 is 1. The maximum atomic E-state index is 9.32. The molecule has 46 heavy (non-hydrogen) atoms. The van der Waals surface area contributed by atoms with E-state index in [1.165, 1.54) is 16.7 Å². The molecule has 0 aromatic heterocycles. The lowest BCUT2D eigenvalue weighted by molar-refractivity contribution is 0.186. The third kappa shape index (κ3) is 15.0. The predicted octanol–water partition coefficient (Wildman–Crippen LogP) is 5.16. The smallest absolute Gasteiger partial charge is 0.124 e. The van der Waals surface area contributed by atoms with Crippen molar-refractivity contribution < 1.29 is 20.1 Å². The zero-order valence-electron chi connectivity index (χ0n) is 27.0. The molecule has 11 N–H and O–H groups in total. The summed E-state index contributed by atoms with van der Waals surface area (Å²) in [5.74, 6) is 0.730. The molecule has 0 saturated carbocycles. The summed E-state index contributed by atoms with van der Waals surface area (Å²) in [6.07, 6.45) is 0.643. The van der Waals surface area contributed by atoms with Gasteiger partial charge in [-0.2, -0.15) is 0 Å². The molecule has 0 bridgehead atoms. The average Bonchev–Trinajstić information content (AvgIpc) is 3.08. The molecule has 0 fully saturated rings. The fourth-order valence-corrected chi connectivity index (χ4v) is 4.34. The highest BCUT2D eigenvalue weighted by Crippen LogP contribution is 2.25. The Bertz CT molecular complexity index is 1410. The van der Waals surface area contributed by atoms with E-state index in [9.17, 15) is 10.2 Å². The largest absolute Gasteiger partial charge is 0.496 e. The van der Waals surface area contributed by atoms with E-state index in [0.717, 1.165) is 41.8 Å². The fourth-order valence-electron chi connectivity index (χ4n) is 4.03.